The first-order valence-corrected chi connectivity index (χ1v) is 12.6. The minimum Gasteiger partial charge on any atom is -0.593 e. The van der Waals surface area contributed by atoms with Crippen molar-refractivity contribution in [3.05, 3.63) is 61.2 Å². The zero-order valence-corrected chi connectivity index (χ0v) is 20.6. The summed E-state index contributed by atoms with van der Waals surface area (Å²) in [5.74, 6) is 1.24. The fourth-order valence-electron chi connectivity index (χ4n) is 5.02. The quantitative estimate of drug-likeness (QED) is 0.387. The number of ether oxygens (including phenoxy) is 1. The van der Waals surface area contributed by atoms with Crippen molar-refractivity contribution >= 4 is 28.6 Å². The molecule has 6 rings (SSSR count). The van der Waals surface area contributed by atoms with Crippen LogP contribution in [0.15, 0.2) is 61.2 Å². The first kappa shape index (κ1) is 23.2. The Hall–Kier alpha value is -4.18. The Morgan fingerprint density at radius 3 is 2.49 bits per heavy atom. The van der Waals surface area contributed by atoms with Crippen molar-refractivity contribution in [1.29, 1.82) is 0 Å². The van der Waals surface area contributed by atoms with Gasteiger partial charge in [-0.2, -0.15) is 0 Å². The number of hydrogen-bond donors (Lipinski definition) is 0. The summed E-state index contributed by atoms with van der Waals surface area (Å²) in [6.45, 7) is 5.93. The van der Waals surface area contributed by atoms with E-state index in [-0.39, 0.29) is 12.5 Å². The Balaban J connectivity index is 1.15. The summed E-state index contributed by atoms with van der Waals surface area (Å²) in [7, 11) is 0. The van der Waals surface area contributed by atoms with Gasteiger partial charge in [0.2, 0.25) is 11.9 Å². The van der Waals surface area contributed by atoms with E-state index < -0.39 is 0 Å². The summed E-state index contributed by atoms with van der Waals surface area (Å²) >= 11 is 0. The molecule has 3 aromatic heterocycles. The molecule has 2 fully saturated rings. The standard InChI is InChI=1S/C27H29N7O3/c35-22-3-4-24(23(16-22)21-17-29-27(30-18-21)33-12-14-37-15-13-33)31-8-10-32(11-9-31)25(36)19-34-7-5-20-2-1-6-28-26(20)34/h1-7,16-18,35H,8-15,19H2/p+1. The number of piperazine rings is 1. The maximum absolute atomic E-state index is 13.1. The van der Waals surface area contributed by atoms with Crippen LogP contribution in [0.1, 0.15) is 0 Å². The molecule has 2 aliphatic heterocycles. The summed E-state index contributed by atoms with van der Waals surface area (Å²) < 4.78 is 7.34. The van der Waals surface area contributed by atoms with Crippen LogP contribution in [0, 0.1) is 0 Å². The van der Waals surface area contributed by atoms with Gasteiger partial charge in [0.25, 0.3) is 5.75 Å². The van der Waals surface area contributed by atoms with E-state index in [1.807, 2.05) is 64.5 Å². The van der Waals surface area contributed by atoms with Gasteiger partial charge in [-0.1, -0.05) is 0 Å². The largest absolute Gasteiger partial charge is 0.593 e. The number of carbonyl (C=O) groups is 1. The average Bonchev–Trinajstić information content (AvgIpc) is 3.36. The minimum absolute atomic E-state index is 0.0941. The Labute approximate surface area is 214 Å². The van der Waals surface area contributed by atoms with Gasteiger partial charge in [-0.15, -0.1) is 0 Å². The number of aromatic nitrogens is 4. The second-order valence-corrected chi connectivity index (χ2v) is 9.33. The normalized spacial score (nSPS) is 16.4. The molecule has 1 aromatic carbocycles. The van der Waals surface area contributed by atoms with E-state index in [1.165, 1.54) is 0 Å². The molecule has 1 amide bonds. The van der Waals surface area contributed by atoms with E-state index in [0.29, 0.717) is 51.1 Å². The number of fused-ring (bicyclic) bond motifs is 1. The van der Waals surface area contributed by atoms with E-state index in [9.17, 15) is 4.79 Å². The fraction of sp³-hybridized carbons (Fsp3) is 0.333. The number of carbonyl (C=O) groups excluding carboxylic acids is 1. The van der Waals surface area contributed by atoms with Crippen molar-refractivity contribution in [2.24, 2.45) is 0 Å². The third kappa shape index (κ3) is 4.79. The Bertz CT molecular complexity index is 1390. The van der Waals surface area contributed by atoms with Gasteiger partial charge >= 0.3 is 0 Å². The van der Waals surface area contributed by atoms with Gasteiger partial charge in [0.1, 0.15) is 12.2 Å². The van der Waals surface area contributed by atoms with E-state index in [2.05, 4.69) is 24.8 Å². The molecule has 0 radical (unpaired) electrons. The number of morpholine rings is 1. The van der Waals surface area contributed by atoms with Gasteiger partial charge in [0.05, 0.1) is 13.2 Å². The van der Waals surface area contributed by atoms with E-state index >= 15 is 0 Å². The van der Waals surface area contributed by atoms with Crippen molar-refractivity contribution in [3.63, 3.8) is 0 Å². The fourth-order valence-corrected chi connectivity index (χ4v) is 5.02. The van der Waals surface area contributed by atoms with Crippen LogP contribution in [0.5, 0.6) is 5.75 Å². The van der Waals surface area contributed by atoms with Gasteiger partial charge < -0.3 is 29.1 Å². The van der Waals surface area contributed by atoms with E-state index in [4.69, 9.17) is 9.84 Å². The molecule has 0 aliphatic carbocycles. The monoisotopic (exact) mass is 500 g/mol. The molecule has 4 aromatic rings. The highest BCUT2D eigenvalue weighted by molar-refractivity contribution is 5.82. The van der Waals surface area contributed by atoms with E-state index in [1.54, 1.807) is 6.20 Å². The third-order valence-corrected chi connectivity index (χ3v) is 7.04. The lowest BCUT2D eigenvalue weighted by Gasteiger charge is -2.37. The molecule has 37 heavy (non-hydrogen) atoms. The Kier molecular flexibility index (Phi) is 6.32. The van der Waals surface area contributed by atoms with Gasteiger partial charge in [0.15, 0.2) is 0 Å². The van der Waals surface area contributed by atoms with Crippen LogP contribution in [-0.4, -0.2) is 87.9 Å². The van der Waals surface area contributed by atoms with Crippen LogP contribution in [0.2, 0.25) is 0 Å². The van der Waals surface area contributed by atoms with Crippen LogP contribution in [0.3, 0.4) is 0 Å². The summed E-state index contributed by atoms with van der Waals surface area (Å²) in [6.07, 6.45) is 7.35. The molecule has 10 nitrogen and oxygen atoms in total. The van der Waals surface area contributed by atoms with Crippen molar-refractivity contribution in [3.8, 4) is 16.9 Å². The second kappa shape index (κ2) is 10.1. The van der Waals surface area contributed by atoms with Crippen LogP contribution >= 0.6 is 0 Å². The minimum atomic E-state index is 0.0941. The third-order valence-electron chi connectivity index (χ3n) is 7.04. The highest BCUT2D eigenvalue weighted by atomic mass is 16.5. The maximum atomic E-state index is 13.1. The number of nitrogens with zero attached hydrogens (tertiary/aromatic N) is 7. The molecular formula is C27H30N7O3+. The first-order chi connectivity index (χ1) is 18.2. The highest BCUT2D eigenvalue weighted by Gasteiger charge is 2.24. The molecule has 0 saturated carbocycles. The zero-order chi connectivity index (χ0) is 25.2. The van der Waals surface area contributed by atoms with Crippen LogP contribution < -0.4 is 9.80 Å². The molecule has 2 N–H and O–H groups in total. The van der Waals surface area contributed by atoms with Crippen LogP contribution in [0.25, 0.3) is 22.2 Å². The number of anilines is 2. The summed E-state index contributed by atoms with van der Waals surface area (Å²) in [5, 5.41) is 9.23. The molecule has 0 atom stereocenters. The number of amides is 1. The number of pyridine rings is 1. The Morgan fingerprint density at radius 2 is 1.70 bits per heavy atom. The molecule has 190 valence electrons. The molecule has 0 unspecified atom stereocenters. The second-order valence-electron chi connectivity index (χ2n) is 9.33. The zero-order valence-electron chi connectivity index (χ0n) is 20.6. The van der Waals surface area contributed by atoms with Crippen LogP contribution in [-0.2, 0) is 16.1 Å². The highest BCUT2D eigenvalue weighted by Crippen LogP contribution is 2.34. The lowest BCUT2D eigenvalue weighted by Crippen LogP contribution is -2.49. The van der Waals surface area contributed by atoms with Crippen molar-refractivity contribution in [1.82, 2.24) is 24.4 Å². The van der Waals surface area contributed by atoms with E-state index in [0.717, 1.165) is 40.9 Å². The van der Waals surface area contributed by atoms with Crippen molar-refractivity contribution in [2.45, 2.75) is 6.54 Å². The molecule has 5 heterocycles. The molecule has 2 aliphatic rings. The van der Waals surface area contributed by atoms with Crippen molar-refractivity contribution < 1.29 is 14.6 Å². The molecule has 10 heteroatoms. The number of hydrogen-bond acceptors (Lipinski definition) is 7. The molecule has 0 spiro atoms. The average molecular weight is 501 g/mol. The predicted molar refractivity (Wildman–Crippen MR) is 142 cm³/mol. The SMILES string of the molecule is O=C(Cn1ccc2cccnc21)N1CCN(c2ccc([OH2+])cc2-c2cnc(N3CCOCC3)nc2)CC1. The van der Waals surface area contributed by atoms with Crippen molar-refractivity contribution in [2.75, 3.05) is 62.3 Å². The lowest BCUT2D eigenvalue weighted by atomic mass is 10.0. The maximum Gasteiger partial charge on any atom is 0.254 e. The van der Waals surface area contributed by atoms with Gasteiger partial charge in [-0.25, -0.2) is 15.0 Å². The predicted octanol–water partition coefficient (Wildman–Crippen LogP) is 2.12. The summed E-state index contributed by atoms with van der Waals surface area (Å²) in [5.41, 5.74) is 3.68. The summed E-state index contributed by atoms with van der Waals surface area (Å²) in [4.78, 5) is 33.0. The smallest absolute Gasteiger partial charge is 0.254 e. The van der Waals surface area contributed by atoms with Crippen LogP contribution in [0.4, 0.5) is 11.6 Å². The summed E-state index contributed by atoms with van der Waals surface area (Å²) in [6, 6.07) is 11.6. The molecule has 2 saturated heterocycles. The van der Waals surface area contributed by atoms with Gasteiger partial charge in [-0.05, 0) is 24.3 Å². The lowest BCUT2D eigenvalue weighted by molar-refractivity contribution is -0.132. The Morgan fingerprint density at radius 1 is 0.919 bits per heavy atom. The topological polar surface area (TPSA) is 103 Å². The molecule has 0 bridgehead atoms. The number of benzene rings is 1. The number of rotatable bonds is 5. The first-order valence-electron chi connectivity index (χ1n) is 12.6. The molecular weight excluding hydrogens is 470 g/mol. The van der Waals surface area contributed by atoms with Gasteiger partial charge in [0, 0.05) is 98.4 Å². The van der Waals surface area contributed by atoms with Gasteiger partial charge in [-0.3, -0.25) is 4.79 Å².